The maximum atomic E-state index is 13.0. The van der Waals surface area contributed by atoms with Gasteiger partial charge >= 0.3 is 5.97 Å². The van der Waals surface area contributed by atoms with Crippen LogP contribution >= 0.6 is 34.5 Å². The van der Waals surface area contributed by atoms with Crippen LogP contribution in [0.25, 0.3) is 10.1 Å². The number of carbonyl (C=O) groups is 2. The van der Waals surface area contributed by atoms with Crippen LogP contribution in [-0.2, 0) is 9.53 Å². The molecule has 8 heteroatoms. The van der Waals surface area contributed by atoms with Crippen molar-refractivity contribution in [1.82, 2.24) is 0 Å². The summed E-state index contributed by atoms with van der Waals surface area (Å²) in [4.78, 5) is 24.3. The van der Waals surface area contributed by atoms with Gasteiger partial charge in [-0.25, -0.2) is 9.18 Å². The number of hydrogen-bond donors (Lipinski definition) is 1. The van der Waals surface area contributed by atoms with Gasteiger partial charge in [-0.05, 0) is 24.3 Å². The standard InChI is InChI=1S/C17H10Cl2FNO3S/c18-11-7-9(20)5-6-12(11)21-14(22)8-24-17(23)16-15(19)10-3-1-2-4-13(10)25-16/h1-7H,8H2,(H,21,22). The van der Waals surface area contributed by atoms with Gasteiger partial charge in [-0.2, -0.15) is 0 Å². The number of ether oxygens (including phenoxy) is 1. The lowest BCUT2D eigenvalue weighted by atomic mass is 10.2. The van der Waals surface area contributed by atoms with E-state index in [1.54, 1.807) is 6.07 Å². The number of benzene rings is 2. The number of carbonyl (C=O) groups excluding carboxylic acids is 2. The number of esters is 1. The molecule has 0 aliphatic rings. The third kappa shape index (κ3) is 3.92. The molecule has 1 aromatic heterocycles. The van der Waals surface area contributed by atoms with Crippen LogP contribution in [0.1, 0.15) is 9.67 Å². The topological polar surface area (TPSA) is 55.4 Å². The Kier molecular flexibility index (Phi) is 5.22. The Morgan fingerprint density at radius 1 is 1.16 bits per heavy atom. The molecule has 128 valence electrons. The third-order valence-electron chi connectivity index (χ3n) is 3.26. The van der Waals surface area contributed by atoms with Crippen molar-refractivity contribution < 1.29 is 18.7 Å². The van der Waals surface area contributed by atoms with Crippen molar-refractivity contribution >= 4 is 62.2 Å². The fraction of sp³-hybridized carbons (Fsp3) is 0.0588. The Morgan fingerprint density at radius 3 is 2.64 bits per heavy atom. The van der Waals surface area contributed by atoms with Crippen molar-refractivity contribution in [3.63, 3.8) is 0 Å². The Morgan fingerprint density at radius 2 is 1.92 bits per heavy atom. The number of anilines is 1. The van der Waals surface area contributed by atoms with E-state index in [9.17, 15) is 14.0 Å². The van der Waals surface area contributed by atoms with E-state index < -0.39 is 24.3 Å². The molecule has 0 spiro atoms. The summed E-state index contributed by atoms with van der Waals surface area (Å²) in [6, 6.07) is 10.8. The number of rotatable bonds is 4. The van der Waals surface area contributed by atoms with Crippen LogP contribution in [0.4, 0.5) is 10.1 Å². The smallest absolute Gasteiger partial charge is 0.350 e. The second kappa shape index (κ2) is 7.39. The summed E-state index contributed by atoms with van der Waals surface area (Å²) >= 11 is 13.2. The quantitative estimate of drug-likeness (QED) is 0.619. The van der Waals surface area contributed by atoms with Gasteiger partial charge < -0.3 is 10.1 Å². The van der Waals surface area contributed by atoms with Crippen molar-refractivity contribution in [2.45, 2.75) is 0 Å². The molecule has 0 saturated heterocycles. The molecule has 0 atom stereocenters. The summed E-state index contributed by atoms with van der Waals surface area (Å²) in [5.74, 6) is -1.81. The lowest BCUT2D eigenvalue weighted by Gasteiger charge is -2.07. The molecule has 0 bridgehead atoms. The SMILES string of the molecule is O=C(COC(=O)c1sc2ccccc2c1Cl)Nc1ccc(F)cc1Cl. The first-order valence-electron chi connectivity index (χ1n) is 7.05. The lowest BCUT2D eigenvalue weighted by Crippen LogP contribution is -2.20. The lowest BCUT2D eigenvalue weighted by molar-refractivity contribution is -0.119. The van der Waals surface area contributed by atoms with Crippen LogP contribution in [0.15, 0.2) is 42.5 Å². The first-order chi connectivity index (χ1) is 12.0. The maximum absolute atomic E-state index is 13.0. The minimum Gasteiger partial charge on any atom is -0.451 e. The van der Waals surface area contributed by atoms with Crippen LogP contribution in [0.3, 0.4) is 0 Å². The van der Waals surface area contributed by atoms with Gasteiger partial charge in [0.2, 0.25) is 0 Å². The maximum Gasteiger partial charge on any atom is 0.350 e. The van der Waals surface area contributed by atoms with Gasteiger partial charge in [-0.1, -0.05) is 41.4 Å². The van der Waals surface area contributed by atoms with Crippen LogP contribution < -0.4 is 5.32 Å². The Hall–Kier alpha value is -2.15. The molecule has 4 nitrogen and oxygen atoms in total. The van der Waals surface area contributed by atoms with Gasteiger partial charge in [-0.3, -0.25) is 4.79 Å². The number of fused-ring (bicyclic) bond motifs is 1. The van der Waals surface area contributed by atoms with Gasteiger partial charge in [0.25, 0.3) is 5.91 Å². The number of amides is 1. The average Bonchev–Trinajstić information content (AvgIpc) is 2.93. The van der Waals surface area contributed by atoms with E-state index in [2.05, 4.69) is 5.32 Å². The molecule has 0 unspecified atom stereocenters. The summed E-state index contributed by atoms with van der Waals surface area (Å²) in [6.07, 6.45) is 0. The molecular weight excluding hydrogens is 388 g/mol. The molecule has 3 aromatic rings. The predicted octanol–water partition coefficient (Wildman–Crippen LogP) is 5.14. The van der Waals surface area contributed by atoms with E-state index >= 15 is 0 Å². The average molecular weight is 398 g/mol. The van der Waals surface area contributed by atoms with Crippen molar-refractivity contribution in [3.05, 3.63) is 63.2 Å². The molecule has 2 aromatic carbocycles. The Balaban J connectivity index is 1.65. The predicted molar refractivity (Wildman–Crippen MR) is 97.2 cm³/mol. The highest BCUT2D eigenvalue weighted by Crippen LogP contribution is 2.35. The molecule has 1 heterocycles. The molecule has 25 heavy (non-hydrogen) atoms. The highest BCUT2D eigenvalue weighted by Gasteiger charge is 2.19. The molecule has 0 fully saturated rings. The van der Waals surface area contributed by atoms with Crippen molar-refractivity contribution in [2.75, 3.05) is 11.9 Å². The fourth-order valence-corrected chi connectivity index (χ4v) is 3.74. The molecular formula is C17H10Cl2FNO3S. The van der Waals surface area contributed by atoms with Crippen LogP contribution in [0.2, 0.25) is 10.0 Å². The van der Waals surface area contributed by atoms with Crippen LogP contribution in [0, 0.1) is 5.82 Å². The van der Waals surface area contributed by atoms with E-state index in [0.29, 0.717) is 5.02 Å². The molecule has 1 N–H and O–H groups in total. The summed E-state index contributed by atoms with van der Waals surface area (Å²) in [5.41, 5.74) is 0.226. The summed E-state index contributed by atoms with van der Waals surface area (Å²) in [6.45, 7) is -0.517. The zero-order valence-electron chi connectivity index (χ0n) is 12.5. The van der Waals surface area contributed by atoms with Crippen molar-refractivity contribution in [1.29, 1.82) is 0 Å². The van der Waals surface area contributed by atoms with E-state index in [0.717, 1.165) is 22.2 Å². The largest absolute Gasteiger partial charge is 0.451 e. The minimum absolute atomic E-state index is 0.0484. The van der Waals surface area contributed by atoms with E-state index in [4.69, 9.17) is 27.9 Å². The van der Waals surface area contributed by atoms with Crippen LogP contribution in [0.5, 0.6) is 0 Å². The third-order valence-corrected chi connectivity index (χ3v) is 5.23. The van der Waals surface area contributed by atoms with E-state index in [1.165, 1.54) is 17.4 Å². The molecule has 0 aliphatic heterocycles. The minimum atomic E-state index is -0.688. The van der Waals surface area contributed by atoms with Gasteiger partial charge in [0.05, 0.1) is 15.7 Å². The van der Waals surface area contributed by atoms with E-state index in [-0.39, 0.29) is 15.6 Å². The van der Waals surface area contributed by atoms with Crippen LogP contribution in [-0.4, -0.2) is 18.5 Å². The number of nitrogens with one attached hydrogen (secondary N) is 1. The zero-order valence-corrected chi connectivity index (χ0v) is 14.8. The number of halogens is 3. The molecule has 0 radical (unpaired) electrons. The number of thiophene rings is 1. The fourth-order valence-electron chi connectivity index (χ4n) is 2.12. The van der Waals surface area contributed by atoms with Gasteiger partial charge in [0, 0.05) is 10.1 Å². The zero-order chi connectivity index (χ0) is 18.0. The monoisotopic (exact) mass is 397 g/mol. The summed E-state index contributed by atoms with van der Waals surface area (Å²) in [5, 5.41) is 3.54. The molecule has 0 aliphatic carbocycles. The van der Waals surface area contributed by atoms with Gasteiger partial charge in [0.15, 0.2) is 6.61 Å². The Labute approximate surface area is 156 Å². The molecule has 3 rings (SSSR count). The second-order valence-corrected chi connectivity index (χ2v) is 6.83. The van der Waals surface area contributed by atoms with Crippen molar-refractivity contribution in [3.8, 4) is 0 Å². The van der Waals surface area contributed by atoms with Crippen molar-refractivity contribution in [2.24, 2.45) is 0 Å². The molecule has 0 saturated carbocycles. The highest BCUT2D eigenvalue weighted by molar-refractivity contribution is 7.21. The normalized spacial score (nSPS) is 10.7. The Bertz CT molecular complexity index is 974. The summed E-state index contributed by atoms with van der Waals surface area (Å²) in [7, 11) is 0. The first kappa shape index (κ1) is 17.7. The summed E-state index contributed by atoms with van der Waals surface area (Å²) < 4.78 is 18.8. The highest BCUT2D eigenvalue weighted by atomic mass is 35.5. The first-order valence-corrected chi connectivity index (χ1v) is 8.62. The van der Waals surface area contributed by atoms with E-state index in [1.807, 2.05) is 18.2 Å². The molecule has 1 amide bonds. The van der Waals surface area contributed by atoms with Gasteiger partial charge in [-0.15, -0.1) is 11.3 Å². The number of hydrogen-bond acceptors (Lipinski definition) is 4. The second-order valence-electron chi connectivity index (χ2n) is 4.99. The van der Waals surface area contributed by atoms with Gasteiger partial charge in [0.1, 0.15) is 10.7 Å².